The maximum absolute atomic E-state index is 12.1. The number of amides is 1. The number of ether oxygens (including phenoxy) is 1. The van der Waals surface area contributed by atoms with Gasteiger partial charge in [-0.1, -0.05) is 37.5 Å². The number of nitrogens with zero attached hydrogens (tertiary/aromatic N) is 1. The van der Waals surface area contributed by atoms with Crippen molar-refractivity contribution in [2.75, 3.05) is 26.7 Å². The highest BCUT2D eigenvalue weighted by Crippen LogP contribution is 2.27. The highest BCUT2D eigenvalue weighted by molar-refractivity contribution is 14.0. The fourth-order valence-corrected chi connectivity index (χ4v) is 3.67. The van der Waals surface area contributed by atoms with Gasteiger partial charge in [0.1, 0.15) is 11.9 Å². The van der Waals surface area contributed by atoms with Gasteiger partial charge in [-0.3, -0.25) is 9.79 Å². The Morgan fingerprint density at radius 2 is 1.85 bits per heavy atom. The molecule has 150 valence electrons. The predicted octanol–water partition coefficient (Wildman–Crippen LogP) is 2.47. The van der Waals surface area contributed by atoms with E-state index in [9.17, 15) is 4.79 Å². The van der Waals surface area contributed by atoms with Crippen molar-refractivity contribution in [3.63, 3.8) is 0 Å². The number of hydrogen-bond donors (Lipinski definition) is 3. The summed E-state index contributed by atoms with van der Waals surface area (Å²) in [6.45, 7) is 1.97. The second-order valence-corrected chi connectivity index (χ2v) is 7.06. The van der Waals surface area contributed by atoms with E-state index in [2.05, 4.69) is 27.0 Å². The molecule has 0 radical (unpaired) electrons. The zero-order chi connectivity index (χ0) is 18.2. The molecule has 0 spiro atoms. The number of halogens is 1. The quantitative estimate of drug-likeness (QED) is 0.250. The first-order valence-electron chi connectivity index (χ1n) is 9.73. The minimum Gasteiger partial charge on any atom is -0.488 e. The first kappa shape index (κ1) is 21.8. The SMILES string of the molecule is CN=C(NCCNC(=O)C1CCCCC1)NCC1Cc2ccccc2O1.I. The molecule has 0 bridgehead atoms. The molecule has 0 saturated heterocycles. The van der Waals surface area contributed by atoms with Gasteiger partial charge in [-0.25, -0.2) is 0 Å². The van der Waals surface area contributed by atoms with Crippen molar-refractivity contribution in [3.8, 4) is 5.75 Å². The molecule has 1 unspecified atom stereocenters. The van der Waals surface area contributed by atoms with E-state index in [1.54, 1.807) is 7.05 Å². The molecule has 3 N–H and O–H groups in total. The van der Waals surface area contributed by atoms with Crippen LogP contribution in [0.15, 0.2) is 29.3 Å². The first-order valence-corrected chi connectivity index (χ1v) is 9.73. The Kier molecular flexibility index (Phi) is 9.17. The fourth-order valence-electron chi connectivity index (χ4n) is 3.67. The van der Waals surface area contributed by atoms with Gasteiger partial charge >= 0.3 is 0 Å². The zero-order valence-corrected chi connectivity index (χ0v) is 18.3. The molecule has 1 fully saturated rings. The molecular formula is C20H31IN4O2. The summed E-state index contributed by atoms with van der Waals surface area (Å²) in [6, 6.07) is 8.16. The molecule has 6 nitrogen and oxygen atoms in total. The van der Waals surface area contributed by atoms with Crippen molar-refractivity contribution in [1.82, 2.24) is 16.0 Å². The summed E-state index contributed by atoms with van der Waals surface area (Å²) in [7, 11) is 1.75. The molecule has 1 aliphatic heterocycles. The van der Waals surface area contributed by atoms with Gasteiger partial charge in [-0.05, 0) is 24.5 Å². The standard InChI is InChI=1S/C20H30N4O2.HI/c1-21-20(23-12-11-22-19(25)15-7-3-2-4-8-15)24-14-17-13-16-9-5-6-10-18(16)26-17;/h5-6,9-10,15,17H,2-4,7-8,11-14H2,1H3,(H,22,25)(H2,21,23,24);1H. The normalized spacial score (nSPS) is 19.4. The lowest BCUT2D eigenvalue weighted by molar-refractivity contribution is -0.125. The summed E-state index contributed by atoms with van der Waals surface area (Å²) in [4.78, 5) is 16.3. The molecule has 7 heteroatoms. The lowest BCUT2D eigenvalue weighted by atomic mass is 9.89. The number of aliphatic imine (C=N–C) groups is 1. The average Bonchev–Trinajstić information content (AvgIpc) is 3.11. The minimum atomic E-state index is 0. The zero-order valence-electron chi connectivity index (χ0n) is 16.0. The molecule has 3 rings (SSSR count). The van der Waals surface area contributed by atoms with Gasteiger partial charge in [0, 0.05) is 32.5 Å². The summed E-state index contributed by atoms with van der Waals surface area (Å²) >= 11 is 0. The van der Waals surface area contributed by atoms with Crippen molar-refractivity contribution >= 4 is 35.8 Å². The Hall–Kier alpha value is -1.51. The number of hydrogen-bond acceptors (Lipinski definition) is 3. The van der Waals surface area contributed by atoms with Crippen LogP contribution in [0.1, 0.15) is 37.7 Å². The van der Waals surface area contributed by atoms with Crippen molar-refractivity contribution < 1.29 is 9.53 Å². The lowest BCUT2D eigenvalue weighted by Gasteiger charge is -2.21. The van der Waals surface area contributed by atoms with Gasteiger partial charge in [-0.2, -0.15) is 0 Å². The van der Waals surface area contributed by atoms with Crippen LogP contribution in [0.5, 0.6) is 5.75 Å². The van der Waals surface area contributed by atoms with Crippen molar-refractivity contribution in [1.29, 1.82) is 0 Å². The van der Waals surface area contributed by atoms with E-state index in [1.165, 1.54) is 24.8 Å². The van der Waals surface area contributed by atoms with Crippen LogP contribution in [-0.4, -0.2) is 44.7 Å². The summed E-state index contributed by atoms with van der Waals surface area (Å²) < 4.78 is 5.92. The largest absolute Gasteiger partial charge is 0.488 e. The second kappa shape index (κ2) is 11.4. The fraction of sp³-hybridized carbons (Fsp3) is 0.600. The number of fused-ring (bicyclic) bond motifs is 1. The molecule has 1 aromatic carbocycles. The minimum absolute atomic E-state index is 0. The molecule has 1 heterocycles. The molecular weight excluding hydrogens is 455 g/mol. The topological polar surface area (TPSA) is 74.8 Å². The second-order valence-electron chi connectivity index (χ2n) is 7.06. The molecule has 27 heavy (non-hydrogen) atoms. The van der Waals surface area contributed by atoms with E-state index in [0.29, 0.717) is 19.6 Å². The predicted molar refractivity (Wildman–Crippen MR) is 119 cm³/mol. The lowest BCUT2D eigenvalue weighted by Crippen LogP contribution is -2.45. The van der Waals surface area contributed by atoms with Crippen LogP contribution >= 0.6 is 24.0 Å². The van der Waals surface area contributed by atoms with E-state index < -0.39 is 0 Å². The van der Waals surface area contributed by atoms with Crippen molar-refractivity contribution in [3.05, 3.63) is 29.8 Å². The molecule has 1 amide bonds. The summed E-state index contributed by atoms with van der Waals surface area (Å²) in [6.07, 6.45) is 6.73. The Morgan fingerprint density at radius 1 is 1.11 bits per heavy atom. The van der Waals surface area contributed by atoms with E-state index in [0.717, 1.165) is 31.0 Å². The van der Waals surface area contributed by atoms with Gasteiger partial charge in [-0.15, -0.1) is 24.0 Å². The van der Waals surface area contributed by atoms with Crippen LogP contribution in [0, 0.1) is 5.92 Å². The third-order valence-corrected chi connectivity index (χ3v) is 5.13. The summed E-state index contributed by atoms with van der Waals surface area (Å²) in [5.41, 5.74) is 1.26. The number of nitrogens with one attached hydrogen (secondary N) is 3. The Bertz CT molecular complexity index is 607. The molecule has 1 saturated carbocycles. The Labute approximate surface area is 178 Å². The third kappa shape index (κ3) is 6.55. The van der Waals surface area contributed by atoms with Crippen molar-refractivity contribution in [2.24, 2.45) is 10.9 Å². The summed E-state index contributed by atoms with van der Waals surface area (Å²) in [5.74, 6) is 2.12. The van der Waals surface area contributed by atoms with E-state index >= 15 is 0 Å². The number of carbonyl (C=O) groups is 1. The number of rotatable bonds is 6. The average molecular weight is 486 g/mol. The smallest absolute Gasteiger partial charge is 0.223 e. The number of guanidine groups is 1. The highest BCUT2D eigenvalue weighted by Gasteiger charge is 2.22. The van der Waals surface area contributed by atoms with Crippen molar-refractivity contribution in [2.45, 2.75) is 44.6 Å². The molecule has 0 aromatic heterocycles. The Balaban J connectivity index is 0.00000261. The Morgan fingerprint density at radius 3 is 2.59 bits per heavy atom. The van der Waals surface area contributed by atoms with Gasteiger partial charge < -0.3 is 20.7 Å². The monoisotopic (exact) mass is 486 g/mol. The number of para-hydroxylation sites is 1. The third-order valence-electron chi connectivity index (χ3n) is 5.13. The van der Waals surface area contributed by atoms with Crippen LogP contribution in [0.2, 0.25) is 0 Å². The number of benzene rings is 1. The van der Waals surface area contributed by atoms with Crippen LogP contribution in [0.4, 0.5) is 0 Å². The molecule has 2 aliphatic rings. The first-order chi connectivity index (χ1) is 12.8. The van der Waals surface area contributed by atoms with Crippen LogP contribution in [0.25, 0.3) is 0 Å². The van der Waals surface area contributed by atoms with E-state index in [4.69, 9.17) is 4.74 Å². The maximum atomic E-state index is 12.1. The highest BCUT2D eigenvalue weighted by atomic mass is 127. The molecule has 1 aromatic rings. The summed E-state index contributed by atoms with van der Waals surface area (Å²) in [5, 5.41) is 9.57. The van der Waals surface area contributed by atoms with Crippen LogP contribution in [0.3, 0.4) is 0 Å². The van der Waals surface area contributed by atoms with Crippen LogP contribution < -0.4 is 20.7 Å². The van der Waals surface area contributed by atoms with Gasteiger partial charge in [0.15, 0.2) is 5.96 Å². The maximum Gasteiger partial charge on any atom is 0.223 e. The number of carbonyl (C=O) groups excluding carboxylic acids is 1. The van der Waals surface area contributed by atoms with Gasteiger partial charge in [0.25, 0.3) is 0 Å². The van der Waals surface area contributed by atoms with E-state index in [-0.39, 0.29) is 41.9 Å². The van der Waals surface area contributed by atoms with Gasteiger partial charge in [0.2, 0.25) is 5.91 Å². The molecule has 1 atom stereocenters. The van der Waals surface area contributed by atoms with Gasteiger partial charge in [0.05, 0.1) is 6.54 Å². The van der Waals surface area contributed by atoms with Crippen LogP contribution in [-0.2, 0) is 11.2 Å². The van der Waals surface area contributed by atoms with E-state index in [1.807, 2.05) is 18.2 Å². The molecule has 1 aliphatic carbocycles.